The van der Waals surface area contributed by atoms with E-state index in [1.54, 1.807) is 0 Å². The van der Waals surface area contributed by atoms with E-state index in [0.717, 1.165) is 0 Å². The minimum Gasteiger partial charge on any atom is -0.255 e. The van der Waals surface area contributed by atoms with Crippen molar-refractivity contribution in [3.05, 3.63) is 24.0 Å². The van der Waals surface area contributed by atoms with Gasteiger partial charge in [-0.3, -0.25) is 4.98 Å². The maximum atomic E-state index is 12.9. The normalized spacial score (nSPS) is 11.7. The summed E-state index contributed by atoms with van der Waals surface area (Å²) in [5, 5.41) is 0. The molecule has 3 heteroatoms. The van der Waals surface area contributed by atoms with Crippen molar-refractivity contribution >= 4 is 0 Å². The van der Waals surface area contributed by atoms with Gasteiger partial charge in [0.05, 0.1) is 5.69 Å². The minimum absolute atomic E-state index is 0.0525. The van der Waals surface area contributed by atoms with Crippen LogP contribution < -0.4 is 0 Å². The first-order chi connectivity index (χ1) is 5.49. The monoisotopic (exact) mass is 168 g/mol. The lowest BCUT2D eigenvalue weighted by Crippen LogP contribution is -2.12. The van der Waals surface area contributed by atoms with Gasteiger partial charge in [0.25, 0.3) is 0 Å². The van der Waals surface area contributed by atoms with Crippen molar-refractivity contribution in [2.24, 2.45) is 5.41 Å². The van der Waals surface area contributed by atoms with E-state index in [1.165, 1.54) is 12.4 Å². The molecule has 12 heavy (non-hydrogen) atoms. The number of rotatable bonds is 1. The van der Waals surface area contributed by atoms with E-state index < -0.39 is 5.95 Å². The zero-order valence-electron chi connectivity index (χ0n) is 7.63. The summed E-state index contributed by atoms with van der Waals surface area (Å²) >= 11 is 0. The maximum Gasteiger partial charge on any atom is 0.234 e. The van der Waals surface area contributed by atoms with E-state index in [1.807, 2.05) is 20.8 Å². The zero-order valence-corrected chi connectivity index (χ0v) is 7.63. The number of halogens is 1. The van der Waals surface area contributed by atoms with Crippen LogP contribution in [0.15, 0.2) is 12.4 Å². The topological polar surface area (TPSA) is 25.8 Å². The van der Waals surface area contributed by atoms with Gasteiger partial charge in [-0.15, -0.1) is 0 Å². The second-order valence-electron chi connectivity index (χ2n) is 4.03. The van der Waals surface area contributed by atoms with Crippen molar-refractivity contribution < 1.29 is 4.39 Å². The standard InChI is InChI=1S/C9H13FN2/c1-9(2,3)6-7-8(10)12-5-4-11-7/h4-5H,6H2,1-3H3. The van der Waals surface area contributed by atoms with Crippen LogP contribution >= 0.6 is 0 Å². The van der Waals surface area contributed by atoms with Crippen LogP contribution in [-0.4, -0.2) is 9.97 Å². The van der Waals surface area contributed by atoms with Crippen molar-refractivity contribution in [3.8, 4) is 0 Å². The molecule has 0 saturated heterocycles. The van der Waals surface area contributed by atoms with E-state index in [4.69, 9.17) is 0 Å². The summed E-state index contributed by atoms with van der Waals surface area (Å²) in [5.74, 6) is -0.451. The summed E-state index contributed by atoms with van der Waals surface area (Å²) in [5.41, 5.74) is 0.502. The van der Waals surface area contributed by atoms with Gasteiger partial charge in [0.2, 0.25) is 5.95 Å². The molecule has 1 rings (SSSR count). The summed E-state index contributed by atoms with van der Waals surface area (Å²) in [4.78, 5) is 7.46. The second kappa shape index (κ2) is 3.17. The number of hydrogen-bond donors (Lipinski definition) is 0. The van der Waals surface area contributed by atoms with Crippen LogP contribution in [0.4, 0.5) is 4.39 Å². The van der Waals surface area contributed by atoms with Gasteiger partial charge in [0, 0.05) is 12.4 Å². The number of hydrogen-bond acceptors (Lipinski definition) is 2. The molecule has 1 aromatic heterocycles. The van der Waals surface area contributed by atoms with E-state index in [9.17, 15) is 4.39 Å². The molecule has 0 radical (unpaired) electrons. The molecule has 0 amide bonds. The molecular formula is C9H13FN2. The molecule has 0 N–H and O–H groups in total. The van der Waals surface area contributed by atoms with Crippen LogP contribution in [0.25, 0.3) is 0 Å². The Balaban J connectivity index is 2.83. The zero-order chi connectivity index (χ0) is 9.19. The molecule has 0 aliphatic heterocycles. The molecule has 2 nitrogen and oxygen atoms in total. The highest BCUT2D eigenvalue weighted by atomic mass is 19.1. The lowest BCUT2D eigenvalue weighted by atomic mass is 9.91. The van der Waals surface area contributed by atoms with Gasteiger partial charge < -0.3 is 0 Å². The first kappa shape index (κ1) is 9.10. The van der Waals surface area contributed by atoms with Crippen molar-refractivity contribution in [2.75, 3.05) is 0 Å². The summed E-state index contributed by atoms with van der Waals surface area (Å²) < 4.78 is 12.9. The number of nitrogens with zero attached hydrogens (tertiary/aromatic N) is 2. The fraction of sp³-hybridized carbons (Fsp3) is 0.556. The van der Waals surface area contributed by atoms with Gasteiger partial charge in [-0.25, -0.2) is 4.98 Å². The van der Waals surface area contributed by atoms with Gasteiger partial charge in [0.1, 0.15) is 0 Å². The molecule has 66 valence electrons. The molecule has 0 aliphatic rings. The average molecular weight is 168 g/mol. The van der Waals surface area contributed by atoms with Crippen LogP contribution in [0.3, 0.4) is 0 Å². The highest BCUT2D eigenvalue weighted by Crippen LogP contribution is 2.19. The van der Waals surface area contributed by atoms with Gasteiger partial charge in [-0.1, -0.05) is 20.8 Å². The van der Waals surface area contributed by atoms with Crippen LogP contribution in [0.1, 0.15) is 26.5 Å². The van der Waals surface area contributed by atoms with E-state index >= 15 is 0 Å². The smallest absolute Gasteiger partial charge is 0.234 e. The Hall–Kier alpha value is -0.990. The first-order valence-electron chi connectivity index (χ1n) is 3.94. The summed E-state index contributed by atoms with van der Waals surface area (Å²) in [7, 11) is 0. The quantitative estimate of drug-likeness (QED) is 0.642. The molecule has 0 saturated carbocycles. The molecule has 0 unspecified atom stereocenters. The Labute approximate surface area is 71.9 Å². The lowest BCUT2D eigenvalue weighted by molar-refractivity contribution is 0.391. The third-order valence-corrected chi connectivity index (χ3v) is 1.42. The molecule has 0 bridgehead atoms. The molecular weight excluding hydrogens is 155 g/mol. The average Bonchev–Trinajstić information content (AvgIpc) is 1.91. The maximum absolute atomic E-state index is 12.9. The molecule has 0 atom stereocenters. The Morgan fingerprint density at radius 1 is 1.25 bits per heavy atom. The molecule has 0 fully saturated rings. The summed E-state index contributed by atoms with van der Waals surface area (Å²) in [6.45, 7) is 6.13. The van der Waals surface area contributed by atoms with E-state index in [0.29, 0.717) is 12.1 Å². The summed E-state index contributed by atoms with van der Waals surface area (Å²) in [6.07, 6.45) is 3.50. The Morgan fingerprint density at radius 3 is 2.33 bits per heavy atom. The van der Waals surface area contributed by atoms with Crippen molar-refractivity contribution in [1.29, 1.82) is 0 Å². The van der Waals surface area contributed by atoms with Gasteiger partial charge in [0.15, 0.2) is 0 Å². The molecule has 0 aliphatic carbocycles. The van der Waals surface area contributed by atoms with E-state index in [-0.39, 0.29) is 5.41 Å². The molecule has 0 spiro atoms. The minimum atomic E-state index is -0.451. The highest BCUT2D eigenvalue weighted by molar-refractivity contribution is 5.00. The van der Waals surface area contributed by atoms with Crippen molar-refractivity contribution in [1.82, 2.24) is 9.97 Å². The predicted octanol–water partition coefficient (Wildman–Crippen LogP) is 2.20. The largest absolute Gasteiger partial charge is 0.255 e. The van der Waals surface area contributed by atoms with Gasteiger partial charge in [-0.2, -0.15) is 4.39 Å². The van der Waals surface area contributed by atoms with Crippen LogP contribution in [-0.2, 0) is 6.42 Å². The third-order valence-electron chi connectivity index (χ3n) is 1.42. The van der Waals surface area contributed by atoms with Crippen molar-refractivity contribution in [2.45, 2.75) is 27.2 Å². The van der Waals surface area contributed by atoms with Gasteiger partial charge in [-0.05, 0) is 11.8 Å². The summed E-state index contributed by atoms with van der Waals surface area (Å²) in [6, 6.07) is 0. The van der Waals surface area contributed by atoms with Crippen LogP contribution in [0.5, 0.6) is 0 Å². The predicted molar refractivity (Wildman–Crippen MR) is 45.1 cm³/mol. The van der Waals surface area contributed by atoms with Crippen molar-refractivity contribution in [3.63, 3.8) is 0 Å². The molecule has 0 aromatic carbocycles. The highest BCUT2D eigenvalue weighted by Gasteiger charge is 2.15. The lowest BCUT2D eigenvalue weighted by Gasteiger charge is -2.16. The molecule has 1 aromatic rings. The Bertz CT molecular complexity index is 265. The number of aromatic nitrogens is 2. The van der Waals surface area contributed by atoms with Crippen LogP contribution in [0, 0.1) is 11.4 Å². The molecule has 1 heterocycles. The van der Waals surface area contributed by atoms with Crippen LogP contribution in [0.2, 0.25) is 0 Å². The second-order valence-corrected chi connectivity index (χ2v) is 4.03. The SMILES string of the molecule is CC(C)(C)Cc1nccnc1F. The third kappa shape index (κ3) is 2.57. The fourth-order valence-electron chi connectivity index (χ4n) is 0.971. The Morgan fingerprint density at radius 2 is 1.83 bits per heavy atom. The van der Waals surface area contributed by atoms with Gasteiger partial charge >= 0.3 is 0 Å². The first-order valence-corrected chi connectivity index (χ1v) is 3.94. The Kier molecular flexibility index (Phi) is 2.40. The van der Waals surface area contributed by atoms with E-state index in [2.05, 4.69) is 9.97 Å². The fourth-order valence-corrected chi connectivity index (χ4v) is 0.971.